The van der Waals surface area contributed by atoms with Gasteiger partial charge in [0.25, 0.3) is 5.91 Å². The Morgan fingerprint density at radius 2 is 1.31 bits per heavy atom. The van der Waals surface area contributed by atoms with E-state index < -0.39 is 0 Å². The smallest absolute Gasteiger partial charge is 0.251 e. The van der Waals surface area contributed by atoms with Crippen molar-refractivity contribution in [3.05, 3.63) is 90.5 Å². The molecule has 3 aromatic rings. The lowest BCUT2D eigenvalue weighted by Gasteiger charge is -2.08. The molecule has 2 N–H and O–H groups in total. The summed E-state index contributed by atoms with van der Waals surface area (Å²) in [6.07, 6.45) is 0. The second kappa shape index (κ2) is 8.48. The molecule has 0 aliphatic carbocycles. The third-order valence-corrected chi connectivity index (χ3v) is 3.56. The molecule has 0 aliphatic rings. The van der Waals surface area contributed by atoms with E-state index in [4.69, 9.17) is 4.74 Å². The molecule has 0 bridgehead atoms. The summed E-state index contributed by atoms with van der Waals surface area (Å²) in [7, 11) is 0. The van der Waals surface area contributed by atoms with E-state index in [1.807, 2.05) is 48.5 Å². The Morgan fingerprint density at radius 3 is 1.96 bits per heavy atom. The predicted octanol–water partition coefficient (Wildman–Crippen LogP) is 3.85. The monoisotopic (exact) mass is 346 g/mol. The second-order valence-electron chi connectivity index (χ2n) is 5.54. The van der Waals surface area contributed by atoms with Crippen LogP contribution in [0.1, 0.15) is 10.4 Å². The van der Waals surface area contributed by atoms with Gasteiger partial charge in [-0.25, -0.2) is 0 Å². The number of hydrogen-bond acceptors (Lipinski definition) is 3. The number of carbonyl (C=O) groups excluding carboxylic acids is 2. The lowest BCUT2D eigenvalue weighted by Crippen LogP contribution is -2.32. The first-order chi connectivity index (χ1) is 12.7. The Balaban J connectivity index is 1.51. The maximum Gasteiger partial charge on any atom is 0.251 e. The summed E-state index contributed by atoms with van der Waals surface area (Å²) in [5.74, 6) is 0.755. The molecular formula is C21H18N2O3. The zero-order valence-electron chi connectivity index (χ0n) is 14.0. The molecule has 0 saturated carbocycles. The van der Waals surface area contributed by atoms with Crippen LogP contribution in [0, 0.1) is 0 Å². The van der Waals surface area contributed by atoms with Gasteiger partial charge in [-0.2, -0.15) is 0 Å². The highest BCUT2D eigenvalue weighted by atomic mass is 16.5. The number of para-hydroxylation sites is 2. The molecule has 0 aliphatic heterocycles. The summed E-state index contributed by atoms with van der Waals surface area (Å²) >= 11 is 0. The molecule has 3 rings (SSSR count). The first-order valence-corrected chi connectivity index (χ1v) is 8.17. The predicted molar refractivity (Wildman–Crippen MR) is 100 cm³/mol. The largest absolute Gasteiger partial charge is 0.457 e. The van der Waals surface area contributed by atoms with Crippen LogP contribution in [-0.4, -0.2) is 18.4 Å². The van der Waals surface area contributed by atoms with Gasteiger partial charge in [0.05, 0.1) is 6.54 Å². The highest BCUT2D eigenvalue weighted by molar-refractivity contribution is 5.99. The standard InChI is InChI=1S/C21H18N2O3/c24-20(23-17-7-3-1-4-8-17)15-22-21(25)16-11-13-19(14-12-16)26-18-9-5-2-6-10-18/h1-14H,15H2,(H,22,25)(H,23,24). The van der Waals surface area contributed by atoms with Gasteiger partial charge in [-0.15, -0.1) is 0 Å². The van der Waals surface area contributed by atoms with Crippen LogP contribution in [0.3, 0.4) is 0 Å². The number of rotatable bonds is 6. The summed E-state index contributed by atoms with van der Waals surface area (Å²) < 4.78 is 5.68. The van der Waals surface area contributed by atoms with Crippen molar-refractivity contribution in [2.75, 3.05) is 11.9 Å². The minimum Gasteiger partial charge on any atom is -0.457 e. The number of amides is 2. The average Bonchev–Trinajstić information content (AvgIpc) is 2.68. The van der Waals surface area contributed by atoms with Gasteiger partial charge >= 0.3 is 0 Å². The molecule has 0 spiro atoms. The fourth-order valence-electron chi connectivity index (χ4n) is 2.29. The first-order valence-electron chi connectivity index (χ1n) is 8.17. The second-order valence-corrected chi connectivity index (χ2v) is 5.54. The van der Waals surface area contributed by atoms with Crippen LogP contribution in [0.2, 0.25) is 0 Å². The number of nitrogens with one attached hydrogen (secondary N) is 2. The SMILES string of the molecule is O=C(CNC(=O)c1ccc(Oc2ccccc2)cc1)Nc1ccccc1. The van der Waals surface area contributed by atoms with E-state index in [9.17, 15) is 9.59 Å². The third kappa shape index (κ3) is 4.95. The van der Waals surface area contributed by atoms with Crippen LogP contribution in [0.4, 0.5) is 5.69 Å². The van der Waals surface area contributed by atoms with Crippen molar-refractivity contribution < 1.29 is 14.3 Å². The first kappa shape index (κ1) is 17.2. The summed E-state index contributed by atoms with van der Waals surface area (Å²) in [6.45, 7) is -0.101. The minimum absolute atomic E-state index is 0.101. The Labute approximate surface area is 151 Å². The quantitative estimate of drug-likeness (QED) is 0.712. The Bertz CT molecular complexity index is 863. The number of carbonyl (C=O) groups is 2. The fourth-order valence-corrected chi connectivity index (χ4v) is 2.29. The molecule has 5 heteroatoms. The van der Waals surface area contributed by atoms with E-state index in [1.165, 1.54) is 0 Å². The molecule has 0 heterocycles. The van der Waals surface area contributed by atoms with Gasteiger partial charge in [-0.05, 0) is 48.5 Å². The molecule has 0 saturated heterocycles. The number of hydrogen-bond donors (Lipinski definition) is 2. The van der Waals surface area contributed by atoms with Gasteiger partial charge in [-0.3, -0.25) is 9.59 Å². The summed E-state index contributed by atoms with van der Waals surface area (Å²) in [5, 5.41) is 5.31. The van der Waals surface area contributed by atoms with Crippen LogP contribution in [0.25, 0.3) is 0 Å². The number of benzene rings is 3. The zero-order valence-corrected chi connectivity index (χ0v) is 14.0. The van der Waals surface area contributed by atoms with Crippen molar-refractivity contribution in [3.8, 4) is 11.5 Å². The van der Waals surface area contributed by atoms with Gasteiger partial charge in [0.1, 0.15) is 11.5 Å². The number of anilines is 1. The van der Waals surface area contributed by atoms with Crippen molar-refractivity contribution in [3.63, 3.8) is 0 Å². The van der Waals surface area contributed by atoms with E-state index in [-0.39, 0.29) is 18.4 Å². The highest BCUT2D eigenvalue weighted by Gasteiger charge is 2.08. The zero-order chi connectivity index (χ0) is 18.2. The molecule has 0 atom stereocenters. The van der Waals surface area contributed by atoms with Gasteiger partial charge in [0.2, 0.25) is 5.91 Å². The molecule has 0 unspecified atom stereocenters. The van der Waals surface area contributed by atoms with Crippen LogP contribution in [-0.2, 0) is 4.79 Å². The number of ether oxygens (including phenoxy) is 1. The van der Waals surface area contributed by atoms with Crippen LogP contribution in [0.15, 0.2) is 84.9 Å². The van der Waals surface area contributed by atoms with Gasteiger partial charge in [0.15, 0.2) is 0 Å². The molecule has 0 fully saturated rings. The van der Waals surface area contributed by atoms with E-state index in [1.54, 1.807) is 36.4 Å². The highest BCUT2D eigenvalue weighted by Crippen LogP contribution is 2.21. The van der Waals surface area contributed by atoms with Gasteiger partial charge in [0, 0.05) is 11.3 Å². The summed E-state index contributed by atoms with van der Waals surface area (Å²) in [5.41, 5.74) is 1.15. The van der Waals surface area contributed by atoms with Crippen molar-refractivity contribution in [1.29, 1.82) is 0 Å². The van der Waals surface area contributed by atoms with Crippen molar-refractivity contribution >= 4 is 17.5 Å². The molecule has 26 heavy (non-hydrogen) atoms. The molecule has 0 aromatic heterocycles. The van der Waals surface area contributed by atoms with E-state index in [0.29, 0.717) is 17.0 Å². The van der Waals surface area contributed by atoms with Crippen LogP contribution in [0.5, 0.6) is 11.5 Å². The molecular weight excluding hydrogens is 328 g/mol. The van der Waals surface area contributed by atoms with E-state index >= 15 is 0 Å². The summed E-state index contributed by atoms with van der Waals surface area (Å²) in [6, 6.07) is 25.2. The van der Waals surface area contributed by atoms with E-state index in [2.05, 4.69) is 10.6 Å². The Hall–Kier alpha value is -3.60. The molecule has 3 aromatic carbocycles. The fraction of sp³-hybridized carbons (Fsp3) is 0.0476. The van der Waals surface area contributed by atoms with E-state index in [0.717, 1.165) is 5.75 Å². The summed E-state index contributed by atoms with van der Waals surface area (Å²) in [4.78, 5) is 24.0. The van der Waals surface area contributed by atoms with Crippen molar-refractivity contribution in [2.24, 2.45) is 0 Å². The molecule has 2 amide bonds. The maximum atomic E-state index is 12.1. The molecule has 130 valence electrons. The Morgan fingerprint density at radius 1 is 0.731 bits per heavy atom. The van der Waals surface area contributed by atoms with Crippen LogP contribution >= 0.6 is 0 Å². The molecule has 0 radical (unpaired) electrons. The normalized spacial score (nSPS) is 10.0. The third-order valence-electron chi connectivity index (χ3n) is 3.56. The lowest BCUT2D eigenvalue weighted by atomic mass is 10.2. The van der Waals surface area contributed by atoms with Gasteiger partial charge in [-0.1, -0.05) is 36.4 Å². The average molecular weight is 346 g/mol. The molecule has 5 nitrogen and oxygen atoms in total. The minimum atomic E-state index is -0.320. The van der Waals surface area contributed by atoms with Crippen molar-refractivity contribution in [2.45, 2.75) is 0 Å². The maximum absolute atomic E-state index is 12.1. The topological polar surface area (TPSA) is 67.4 Å². The van der Waals surface area contributed by atoms with Gasteiger partial charge < -0.3 is 15.4 Å². The Kier molecular flexibility index (Phi) is 5.62. The lowest BCUT2D eigenvalue weighted by molar-refractivity contribution is -0.115. The van der Waals surface area contributed by atoms with Crippen molar-refractivity contribution in [1.82, 2.24) is 5.32 Å². The van der Waals surface area contributed by atoms with Crippen LogP contribution < -0.4 is 15.4 Å².